The second-order valence-corrected chi connectivity index (χ2v) is 6.58. The van der Waals surface area contributed by atoms with E-state index in [2.05, 4.69) is 13.8 Å². The summed E-state index contributed by atoms with van der Waals surface area (Å²) in [6.07, 6.45) is 14.1. The van der Waals surface area contributed by atoms with Gasteiger partial charge in [0.2, 0.25) is 0 Å². The zero-order valence-electron chi connectivity index (χ0n) is 15.1. The van der Waals surface area contributed by atoms with Crippen LogP contribution in [0.25, 0.3) is 0 Å². The zero-order valence-corrected chi connectivity index (χ0v) is 15.1. The van der Waals surface area contributed by atoms with E-state index >= 15 is 0 Å². The molecule has 0 rings (SSSR count). The van der Waals surface area contributed by atoms with E-state index in [1.165, 1.54) is 71.1 Å². The molecule has 0 aliphatic heterocycles. The smallest absolute Gasteiger partial charge is 0.334 e. The quantitative estimate of drug-likeness (QED) is 0.332. The minimum Gasteiger partial charge on any atom is -0.463 e. The summed E-state index contributed by atoms with van der Waals surface area (Å²) < 4.78 is 5.23. The van der Waals surface area contributed by atoms with Crippen molar-refractivity contribution < 1.29 is 14.6 Å². The molecule has 0 amide bonds. The number of ether oxygens (including phenoxy) is 1. The molecule has 0 aliphatic carbocycles. The average Bonchev–Trinajstić information content (AvgIpc) is 2.51. The molecule has 0 saturated heterocycles. The van der Waals surface area contributed by atoms with E-state index in [9.17, 15) is 9.90 Å². The molecule has 0 spiro atoms. The topological polar surface area (TPSA) is 46.5 Å². The van der Waals surface area contributed by atoms with Crippen molar-refractivity contribution in [3.05, 3.63) is 0 Å². The van der Waals surface area contributed by atoms with Crippen LogP contribution in [0.1, 0.15) is 97.8 Å². The molecule has 0 aliphatic rings. The molecule has 132 valence electrons. The number of esters is 1. The van der Waals surface area contributed by atoms with Crippen molar-refractivity contribution in [2.75, 3.05) is 6.61 Å². The second-order valence-electron chi connectivity index (χ2n) is 6.58. The van der Waals surface area contributed by atoms with Crippen LogP contribution in [0.4, 0.5) is 0 Å². The van der Waals surface area contributed by atoms with Gasteiger partial charge in [-0.15, -0.1) is 0 Å². The lowest BCUT2D eigenvalue weighted by Gasteiger charge is -2.17. The Morgan fingerprint density at radius 2 is 1.32 bits per heavy atom. The summed E-state index contributed by atoms with van der Waals surface area (Å²) in [5.74, 6) is -0.0211. The molecule has 0 saturated carbocycles. The molecule has 0 aromatic heterocycles. The molecule has 3 heteroatoms. The molecule has 2 atom stereocenters. The first kappa shape index (κ1) is 21.4. The third-order valence-electron chi connectivity index (χ3n) is 4.23. The van der Waals surface area contributed by atoms with Gasteiger partial charge in [0.15, 0.2) is 0 Å². The molecule has 0 heterocycles. The van der Waals surface area contributed by atoms with Crippen molar-refractivity contribution in [3.63, 3.8) is 0 Å². The predicted octanol–water partition coefficient (Wildman–Crippen LogP) is 5.25. The maximum absolute atomic E-state index is 11.4. The number of aliphatic hydroxyl groups excluding tert-OH is 1. The molecule has 0 radical (unpaired) electrons. The highest BCUT2D eigenvalue weighted by atomic mass is 16.5. The minimum absolute atomic E-state index is 0.464. The van der Waals surface area contributed by atoms with Gasteiger partial charge in [0.05, 0.1) is 6.61 Å². The van der Waals surface area contributed by atoms with Crippen LogP contribution >= 0.6 is 0 Å². The van der Waals surface area contributed by atoms with E-state index in [0.717, 1.165) is 12.8 Å². The summed E-state index contributed by atoms with van der Waals surface area (Å²) in [5.41, 5.74) is 0. The van der Waals surface area contributed by atoms with Crippen molar-refractivity contribution in [2.45, 2.75) is 104 Å². The molecule has 1 N–H and O–H groups in total. The minimum atomic E-state index is -1.00. The van der Waals surface area contributed by atoms with Gasteiger partial charge in [0.1, 0.15) is 6.10 Å². The summed E-state index contributed by atoms with van der Waals surface area (Å²) in [6.45, 7) is 6.40. The fourth-order valence-corrected chi connectivity index (χ4v) is 2.70. The van der Waals surface area contributed by atoms with Gasteiger partial charge in [0, 0.05) is 0 Å². The number of carbonyl (C=O) groups is 1. The van der Waals surface area contributed by atoms with Crippen molar-refractivity contribution in [1.82, 2.24) is 0 Å². The van der Waals surface area contributed by atoms with Crippen LogP contribution in [0.15, 0.2) is 0 Å². The van der Waals surface area contributed by atoms with Crippen molar-refractivity contribution >= 4 is 5.97 Å². The molecular formula is C19H38O3. The first-order valence-corrected chi connectivity index (χ1v) is 9.46. The monoisotopic (exact) mass is 314 g/mol. The van der Waals surface area contributed by atoms with E-state index in [0.29, 0.717) is 12.5 Å². The Morgan fingerprint density at radius 3 is 1.82 bits per heavy atom. The standard InChI is InChI=1S/C19H38O3/c1-4-6-8-10-11-13-15-18(14-12-9-7-5-2)16-22-19(21)17(3)20/h17-18,20H,4-16H2,1-3H3. The predicted molar refractivity (Wildman–Crippen MR) is 92.9 cm³/mol. The van der Waals surface area contributed by atoms with Crippen LogP contribution in [-0.2, 0) is 9.53 Å². The van der Waals surface area contributed by atoms with Gasteiger partial charge in [-0.25, -0.2) is 4.79 Å². The molecule has 0 fully saturated rings. The lowest BCUT2D eigenvalue weighted by atomic mass is 9.95. The maximum atomic E-state index is 11.4. The highest BCUT2D eigenvalue weighted by molar-refractivity contribution is 5.73. The van der Waals surface area contributed by atoms with Gasteiger partial charge in [0.25, 0.3) is 0 Å². The number of hydrogen-bond donors (Lipinski definition) is 1. The van der Waals surface area contributed by atoms with Gasteiger partial charge < -0.3 is 9.84 Å². The maximum Gasteiger partial charge on any atom is 0.334 e. The third kappa shape index (κ3) is 13.1. The summed E-state index contributed by atoms with van der Waals surface area (Å²) in [4.78, 5) is 11.4. The van der Waals surface area contributed by atoms with Gasteiger partial charge in [-0.3, -0.25) is 0 Å². The largest absolute Gasteiger partial charge is 0.463 e. The fourth-order valence-electron chi connectivity index (χ4n) is 2.70. The van der Waals surface area contributed by atoms with Crippen LogP contribution in [0.5, 0.6) is 0 Å². The molecule has 0 aromatic carbocycles. The third-order valence-corrected chi connectivity index (χ3v) is 4.23. The normalized spacial score (nSPS) is 13.8. The van der Waals surface area contributed by atoms with E-state index < -0.39 is 12.1 Å². The lowest BCUT2D eigenvalue weighted by molar-refractivity contribution is -0.154. The Labute approximate surface area is 137 Å². The summed E-state index contributed by atoms with van der Waals surface area (Å²) >= 11 is 0. The van der Waals surface area contributed by atoms with E-state index in [1.54, 1.807) is 0 Å². The fraction of sp³-hybridized carbons (Fsp3) is 0.947. The zero-order chi connectivity index (χ0) is 16.6. The number of unbranched alkanes of at least 4 members (excludes halogenated alkanes) is 8. The molecule has 22 heavy (non-hydrogen) atoms. The second kappa shape index (κ2) is 15.3. The van der Waals surface area contributed by atoms with E-state index in [4.69, 9.17) is 4.74 Å². The summed E-state index contributed by atoms with van der Waals surface area (Å²) in [5, 5.41) is 9.20. The van der Waals surface area contributed by atoms with Crippen LogP contribution in [0.2, 0.25) is 0 Å². The van der Waals surface area contributed by atoms with Gasteiger partial charge >= 0.3 is 5.97 Å². The van der Waals surface area contributed by atoms with Gasteiger partial charge in [-0.1, -0.05) is 78.1 Å². The molecule has 2 unspecified atom stereocenters. The average molecular weight is 315 g/mol. The van der Waals surface area contributed by atoms with Crippen molar-refractivity contribution in [1.29, 1.82) is 0 Å². The highest BCUT2D eigenvalue weighted by Gasteiger charge is 2.15. The summed E-state index contributed by atoms with van der Waals surface area (Å²) in [7, 11) is 0. The van der Waals surface area contributed by atoms with Gasteiger partial charge in [-0.05, 0) is 25.7 Å². The Hall–Kier alpha value is -0.570. The number of rotatable bonds is 15. The number of carbonyl (C=O) groups excluding carboxylic acids is 1. The number of hydrogen-bond acceptors (Lipinski definition) is 3. The Balaban J connectivity index is 3.91. The Morgan fingerprint density at radius 1 is 0.864 bits per heavy atom. The van der Waals surface area contributed by atoms with Crippen LogP contribution in [-0.4, -0.2) is 23.8 Å². The molecule has 0 bridgehead atoms. The van der Waals surface area contributed by atoms with Crippen LogP contribution in [0.3, 0.4) is 0 Å². The molecule has 0 aromatic rings. The lowest BCUT2D eigenvalue weighted by Crippen LogP contribution is -2.22. The van der Waals surface area contributed by atoms with E-state index in [-0.39, 0.29) is 0 Å². The van der Waals surface area contributed by atoms with Crippen molar-refractivity contribution in [2.24, 2.45) is 5.92 Å². The SMILES string of the molecule is CCCCCCCCC(CCCCCC)COC(=O)C(C)O. The Bertz CT molecular complexity index is 251. The molecular weight excluding hydrogens is 276 g/mol. The highest BCUT2D eigenvalue weighted by Crippen LogP contribution is 2.19. The van der Waals surface area contributed by atoms with Gasteiger partial charge in [-0.2, -0.15) is 0 Å². The van der Waals surface area contributed by atoms with Crippen LogP contribution in [0, 0.1) is 5.92 Å². The first-order chi connectivity index (χ1) is 10.6. The number of aliphatic hydroxyl groups is 1. The molecule has 3 nitrogen and oxygen atoms in total. The van der Waals surface area contributed by atoms with Crippen LogP contribution < -0.4 is 0 Å². The Kier molecular flexibility index (Phi) is 14.9. The first-order valence-electron chi connectivity index (χ1n) is 9.46. The van der Waals surface area contributed by atoms with Crippen molar-refractivity contribution in [3.8, 4) is 0 Å². The van der Waals surface area contributed by atoms with E-state index in [1.807, 2.05) is 0 Å². The summed E-state index contributed by atoms with van der Waals surface area (Å²) in [6, 6.07) is 0.